The number of nitrogen functional groups attached to an aromatic ring is 1. The topological polar surface area (TPSA) is 29.3 Å². The zero-order chi connectivity index (χ0) is 12.0. The smallest absolute Gasteiger partial charge is 0.129 e. The van der Waals surface area contributed by atoms with Crippen molar-refractivity contribution in [1.29, 1.82) is 0 Å². The van der Waals surface area contributed by atoms with Gasteiger partial charge in [0.1, 0.15) is 5.82 Å². The fraction of sp³-hybridized carbons (Fsp3) is 0.385. The number of terminal acetylenes is 1. The van der Waals surface area contributed by atoms with Crippen molar-refractivity contribution in [3.05, 3.63) is 29.6 Å². The third-order valence-electron chi connectivity index (χ3n) is 2.33. The molecule has 86 valence electrons. The van der Waals surface area contributed by atoms with Crippen molar-refractivity contribution in [3.63, 3.8) is 0 Å². The van der Waals surface area contributed by atoms with E-state index in [1.54, 1.807) is 12.1 Å². The number of hydrogen-bond acceptors (Lipinski definition) is 2. The SMILES string of the molecule is C#CCN(CCC)Cc1ccc(N)cc1F. The predicted octanol–water partition coefficient (Wildman–Crippen LogP) is 2.25. The molecule has 1 aromatic carbocycles. The first-order chi connectivity index (χ1) is 7.67. The molecule has 0 amide bonds. The maximum atomic E-state index is 13.5. The van der Waals surface area contributed by atoms with Crippen LogP contribution < -0.4 is 5.73 Å². The Kier molecular flexibility index (Phi) is 4.81. The lowest BCUT2D eigenvalue weighted by Crippen LogP contribution is -2.24. The van der Waals surface area contributed by atoms with Crippen molar-refractivity contribution in [2.45, 2.75) is 19.9 Å². The van der Waals surface area contributed by atoms with Gasteiger partial charge >= 0.3 is 0 Å². The van der Waals surface area contributed by atoms with E-state index in [0.717, 1.165) is 13.0 Å². The molecular formula is C13H17FN2. The Morgan fingerprint density at radius 3 is 2.81 bits per heavy atom. The Labute approximate surface area is 96.3 Å². The van der Waals surface area contributed by atoms with Gasteiger partial charge in [0.25, 0.3) is 0 Å². The summed E-state index contributed by atoms with van der Waals surface area (Å²) in [6.45, 7) is 4.01. The van der Waals surface area contributed by atoms with Crippen molar-refractivity contribution < 1.29 is 4.39 Å². The van der Waals surface area contributed by atoms with E-state index in [9.17, 15) is 4.39 Å². The normalized spacial score (nSPS) is 10.4. The zero-order valence-corrected chi connectivity index (χ0v) is 9.54. The Balaban J connectivity index is 2.73. The largest absolute Gasteiger partial charge is 0.399 e. The van der Waals surface area contributed by atoms with Gasteiger partial charge in [-0.2, -0.15) is 0 Å². The fourth-order valence-corrected chi connectivity index (χ4v) is 1.59. The molecule has 0 fully saturated rings. The zero-order valence-electron chi connectivity index (χ0n) is 9.54. The van der Waals surface area contributed by atoms with Crippen LogP contribution in [0.2, 0.25) is 0 Å². The number of nitrogens with zero attached hydrogens (tertiary/aromatic N) is 1. The van der Waals surface area contributed by atoms with Gasteiger partial charge in [0.05, 0.1) is 6.54 Å². The van der Waals surface area contributed by atoms with E-state index in [1.807, 2.05) is 4.90 Å². The molecule has 1 rings (SSSR count). The molecule has 2 N–H and O–H groups in total. The lowest BCUT2D eigenvalue weighted by molar-refractivity contribution is 0.295. The van der Waals surface area contributed by atoms with Gasteiger partial charge in [-0.3, -0.25) is 4.90 Å². The molecule has 16 heavy (non-hydrogen) atoms. The summed E-state index contributed by atoms with van der Waals surface area (Å²) in [5.41, 5.74) is 6.57. The molecule has 0 bridgehead atoms. The van der Waals surface area contributed by atoms with Crippen LogP contribution in [0.4, 0.5) is 10.1 Å². The molecule has 0 unspecified atom stereocenters. The summed E-state index contributed by atoms with van der Waals surface area (Å²) in [7, 11) is 0. The molecule has 2 nitrogen and oxygen atoms in total. The van der Waals surface area contributed by atoms with Crippen LogP contribution >= 0.6 is 0 Å². The molecule has 1 aromatic rings. The predicted molar refractivity (Wildman–Crippen MR) is 65.2 cm³/mol. The molecule has 0 aliphatic carbocycles. The summed E-state index contributed by atoms with van der Waals surface area (Å²) in [5.74, 6) is 2.32. The van der Waals surface area contributed by atoms with Gasteiger partial charge < -0.3 is 5.73 Å². The van der Waals surface area contributed by atoms with Crippen molar-refractivity contribution in [3.8, 4) is 12.3 Å². The molecule has 0 saturated carbocycles. The number of halogens is 1. The van der Waals surface area contributed by atoms with Crippen LogP contribution in [0.3, 0.4) is 0 Å². The van der Waals surface area contributed by atoms with Gasteiger partial charge in [-0.25, -0.2) is 4.39 Å². The highest BCUT2D eigenvalue weighted by Crippen LogP contribution is 2.14. The van der Waals surface area contributed by atoms with E-state index in [2.05, 4.69) is 12.8 Å². The van der Waals surface area contributed by atoms with E-state index in [0.29, 0.717) is 24.3 Å². The number of rotatable bonds is 5. The third-order valence-corrected chi connectivity index (χ3v) is 2.33. The van der Waals surface area contributed by atoms with Crippen LogP contribution in [-0.2, 0) is 6.54 Å². The Hall–Kier alpha value is -1.53. The van der Waals surface area contributed by atoms with Gasteiger partial charge in [-0.1, -0.05) is 18.9 Å². The molecule has 0 atom stereocenters. The minimum absolute atomic E-state index is 0.266. The maximum absolute atomic E-state index is 13.5. The molecule has 0 heterocycles. The van der Waals surface area contributed by atoms with Crippen LogP contribution in [0.5, 0.6) is 0 Å². The van der Waals surface area contributed by atoms with Crippen LogP contribution in [0.1, 0.15) is 18.9 Å². The van der Waals surface area contributed by atoms with E-state index in [4.69, 9.17) is 12.2 Å². The van der Waals surface area contributed by atoms with E-state index in [1.165, 1.54) is 6.07 Å². The van der Waals surface area contributed by atoms with Crippen LogP contribution in [-0.4, -0.2) is 18.0 Å². The minimum atomic E-state index is -0.266. The lowest BCUT2D eigenvalue weighted by Gasteiger charge is -2.19. The van der Waals surface area contributed by atoms with Crippen molar-refractivity contribution in [2.75, 3.05) is 18.8 Å². The number of benzene rings is 1. The molecule has 0 spiro atoms. The summed E-state index contributed by atoms with van der Waals surface area (Å²) in [4.78, 5) is 2.04. The van der Waals surface area contributed by atoms with Crippen LogP contribution in [0, 0.1) is 18.2 Å². The first kappa shape index (κ1) is 12.5. The number of hydrogen-bond donors (Lipinski definition) is 1. The molecule has 0 aliphatic rings. The highest BCUT2D eigenvalue weighted by atomic mass is 19.1. The third kappa shape index (κ3) is 3.56. The second-order valence-electron chi connectivity index (χ2n) is 3.77. The molecule has 0 saturated heterocycles. The fourth-order valence-electron chi connectivity index (χ4n) is 1.59. The standard InChI is InChI=1S/C13H17FN2/c1-3-7-16(8-4-2)10-11-5-6-12(15)9-13(11)14/h1,5-6,9H,4,7-8,10,15H2,2H3. The van der Waals surface area contributed by atoms with Crippen LogP contribution in [0.15, 0.2) is 18.2 Å². The number of anilines is 1. The summed E-state index contributed by atoms with van der Waals surface area (Å²) in [5, 5.41) is 0. The average molecular weight is 220 g/mol. The quantitative estimate of drug-likeness (QED) is 0.609. The van der Waals surface area contributed by atoms with Gasteiger partial charge in [0.2, 0.25) is 0 Å². The van der Waals surface area contributed by atoms with Gasteiger partial charge in [0.15, 0.2) is 0 Å². The first-order valence-corrected chi connectivity index (χ1v) is 5.37. The molecule has 0 aliphatic heterocycles. The van der Waals surface area contributed by atoms with E-state index in [-0.39, 0.29) is 5.82 Å². The second kappa shape index (κ2) is 6.14. The van der Waals surface area contributed by atoms with Gasteiger partial charge in [0, 0.05) is 17.8 Å². The molecule has 3 heteroatoms. The first-order valence-electron chi connectivity index (χ1n) is 5.37. The van der Waals surface area contributed by atoms with Gasteiger partial charge in [-0.15, -0.1) is 6.42 Å². The monoisotopic (exact) mass is 220 g/mol. The summed E-state index contributed by atoms with van der Waals surface area (Å²) in [6, 6.07) is 4.76. The van der Waals surface area contributed by atoms with Crippen molar-refractivity contribution in [2.24, 2.45) is 0 Å². The number of nitrogens with two attached hydrogens (primary N) is 1. The van der Waals surface area contributed by atoms with E-state index < -0.39 is 0 Å². The minimum Gasteiger partial charge on any atom is -0.399 e. The summed E-state index contributed by atoms with van der Waals surface area (Å²) < 4.78 is 13.5. The average Bonchev–Trinajstić information content (AvgIpc) is 2.23. The molecular weight excluding hydrogens is 203 g/mol. The summed E-state index contributed by atoms with van der Waals surface area (Å²) >= 11 is 0. The Morgan fingerprint density at radius 2 is 2.25 bits per heavy atom. The van der Waals surface area contributed by atoms with Crippen LogP contribution in [0.25, 0.3) is 0 Å². The maximum Gasteiger partial charge on any atom is 0.129 e. The second-order valence-corrected chi connectivity index (χ2v) is 3.77. The Morgan fingerprint density at radius 1 is 1.50 bits per heavy atom. The lowest BCUT2D eigenvalue weighted by atomic mass is 10.1. The van der Waals surface area contributed by atoms with E-state index >= 15 is 0 Å². The van der Waals surface area contributed by atoms with Crippen molar-refractivity contribution in [1.82, 2.24) is 4.90 Å². The highest BCUT2D eigenvalue weighted by molar-refractivity contribution is 5.40. The Bertz CT molecular complexity index is 382. The molecule has 0 aromatic heterocycles. The van der Waals surface area contributed by atoms with Gasteiger partial charge in [-0.05, 0) is 25.1 Å². The summed E-state index contributed by atoms with van der Waals surface area (Å²) in [6.07, 6.45) is 6.27. The van der Waals surface area contributed by atoms with Crippen molar-refractivity contribution >= 4 is 5.69 Å². The highest BCUT2D eigenvalue weighted by Gasteiger charge is 2.07. The molecule has 0 radical (unpaired) electrons.